The molecule has 2 saturated heterocycles. The number of nitrogens with two attached hydrogens (primary N) is 2. The molecular weight excluding hydrogens is 729 g/mol. The smallest absolute Gasteiger partial charge is 0.254 e. The van der Waals surface area contributed by atoms with Gasteiger partial charge in [0.1, 0.15) is 0 Å². The van der Waals surface area contributed by atoms with Gasteiger partial charge in [0.2, 0.25) is 11.5 Å². The maximum absolute atomic E-state index is 14.0. The van der Waals surface area contributed by atoms with Crippen LogP contribution in [0, 0.1) is 0 Å². The van der Waals surface area contributed by atoms with Crippen molar-refractivity contribution in [2.45, 2.75) is 6.42 Å². The SMILES string of the molecule is COc1cc(-c2ccc(N)cc2C(=O)N2CCN(CCCN3CCN(C(=O)c4cc(N)ccc4-c4cc(OC)c(OC)c(OC)c4)CC3)CC2)cc(OC)c1OC. The molecule has 2 heterocycles. The summed E-state index contributed by atoms with van der Waals surface area (Å²) in [6, 6.07) is 18.2. The minimum Gasteiger partial charge on any atom is -0.493 e. The monoisotopic (exact) mass is 782 g/mol. The first-order valence-electron chi connectivity index (χ1n) is 19.1. The Hall–Kier alpha value is -5.86. The molecule has 304 valence electrons. The Balaban J connectivity index is 1.01. The maximum atomic E-state index is 14.0. The lowest BCUT2D eigenvalue weighted by atomic mass is 9.97. The van der Waals surface area contributed by atoms with Crippen molar-refractivity contribution in [3.63, 3.8) is 0 Å². The van der Waals surface area contributed by atoms with E-state index >= 15 is 0 Å². The van der Waals surface area contributed by atoms with Crippen LogP contribution < -0.4 is 39.9 Å². The molecule has 0 spiro atoms. The van der Waals surface area contributed by atoms with Crippen LogP contribution in [-0.4, -0.2) is 140 Å². The van der Waals surface area contributed by atoms with Gasteiger partial charge in [0.15, 0.2) is 23.0 Å². The second-order valence-electron chi connectivity index (χ2n) is 14.1. The van der Waals surface area contributed by atoms with E-state index < -0.39 is 0 Å². The van der Waals surface area contributed by atoms with Crippen molar-refractivity contribution in [3.05, 3.63) is 71.8 Å². The molecular formula is C43H54N6O8. The van der Waals surface area contributed by atoms with Crippen LogP contribution in [-0.2, 0) is 0 Å². The van der Waals surface area contributed by atoms with Gasteiger partial charge >= 0.3 is 0 Å². The first-order chi connectivity index (χ1) is 27.6. The van der Waals surface area contributed by atoms with E-state index in [0.717, 1.165) is 67.9 Å². The average Bonchev–Trinajstić information content (AvgIpc) is 3.25. The molecule has 14 heteroatoms. The number of rotatable bonds is 14. The number of nitrogen functional groups attached to an aromatic ring is 2. The van der Waals surface area contributed by atoms with Gasteiger partial charge in [-0.25, -0.2) is 0 Å². The van der Waals surface area contributed by atoms with E-state index in [-0.39, 0.29) is 11.8 Å². The minimum atomic E-state index is -0.0631. The highest BCUT2D eigenvalue weighted by Gasteiger charge is 2.28. The lowest BCUT2D eigenvalue weighted by Gasteiger charge is -2.37. The van der Waals surface area contributed by atoms with E-state index in [1.54, 1.807) is 66.9 Å². The van der Waals surface area contributed by atoms with Crippen LogP contribution in [0.1, 0.15) is 27.1 Å². The van der Waals surface area contributed by atoms with Gasteiger partial charge in [-0.15, -0.1) is 0 Å². The Kier molecular flexibility index (Phi) is 13.2. The van der Waals surface area contributed by atoms with Gasteiger partial charge in [-0.2, -0.15) is 0 Å². The molecule has 0 aliphatic carbocycles. The molecule has 0 bridgehead atoms. The summed E-state index contributed by atoms with van der Waals surface area (Å²) in [6.45, 7) is 7.45. The van der Waals surface area contributed by atoms with Crippen LogP contribution in [0.25, 0.3) is 22.3 Å². The Morgan fingerprint density at radius 2 is 0.825 bits per heavy atom. The molecule has 14 nitrogen and oxygen atoms in total. The Bertz CT molecular complexity index is 1860. The second-order valence-corrected chi connectivity index (χ2v) is 14.1. The number of hydrogen-bond donors (Lipinski definition) is 2. The van der Waals surface area contributed by atoms with E-state index in [4.69, 9.17) is 39.9 Å². The zero-order valence-corrected chi connectivity index (χ0v) is 33.8. The fraction of sp³-hybridized carbons (Fsp3) is 0.395. The molecule has 6 rings (SSSR count). The maximum Gasteiger partial charge on any atom is 0.254 e. The van der Waals surface area contributed by atoms with E-state index in [9.17, 15) is 9.59 Å². The lowest BCUT2D eigenvalue weighted by molar-refractivity contribution is 0.0607. The van der Waals surface area contributed by atoms with Crippen LogP contribution in [0.5, 0.6) is 34.5 Å². The summed E-state index contributed by atoms with van der Waals surface area (Å²) in [7, 11) is 9.39. The summed E-state index contributed by atoms with van der Waals surface area (Å²) < 4.78 is 33.3. The van der Waals surface area contributed by atoms with Crippen molar-refractivity contribution in [1.29, 1.82) is 0 Å². The third-order valence-corrected chi connectivity index (χ3v) is 10.8. The number of methoxy groups -OCH3 is 6. The summed E-state index contributed by atoms with van der Waals surface area (Å²) in [5.74, 6) is 2.87. The number of piperazine rings is 2. The van der Waals surface area contributed by atoms with Crippen LogP contribution in [0.15, 0.2) is 60.7 Å². The number of carbonyl (C=O) groups is 2. The van der Waals surface area contributed by atoms with Crippen LogP contribution in [0.2, 0.25) is 0 Å². The number of carbonyl (C=O) groups excluding carboxylic acids is 2. The van der Waals surface area contributed by atoms with Crippen molar-refractivity contribution in [1.82, 2.24) is 19.6 Å². The topological polar surface area (TPSA) is 155 Å². The van der Waals surface area contributed by atoms with Gasteiger partial charge in [0, 0.05) is 74.9 Å². The second kappa shape index (κ2) is 18.4. The Labute approximate surface area is 334 Å². The lowest BCUT2D eigenvalue weighted by Crippen LogP contribution is -2.50. The zero-order chi connectivity index (χ0) is 40.6. The summed E-state index contributed by atoms with van der Waals surface area (Å²) in [5.41, 5.74) is 17.5. The Morgan fingerprint density at radius 3 is 1.12 bits per heavy atom. The van der Waals surface area contributed by atoms with Crippen molar-refractivity contribution in [3.8, 4) is 56.8 Å². The fourth-order valence-electron chi connectivity index (χ4n) is 7.66. The van der Waals surface area contributed by atoms with Gasteiger partial charge < -0.3 is 49.7 Å². The van der Waals surface area contributed by atoms with Crippen molar-refractivity contribution >= 4 is 23.2 Å². The molecule has 4 aromatic rings. The van der Waals surface area contributed by atoms with E-state index in [1.165, 1.54) is 0 Å². The highest BCUT2D eigenvalue weighted by molar-refractivity contribution is 6.03. The van der Waals surface area contributed by atoms with Crippen molar-refractivity contribution < 1.29 is 38.0 Å². The highest BCUT2D eigenvalue weighted by atomic mass is 16.5. The largest absolute Gasteiger partial charge is 0.493 e. The first-order valence-corrected chi connectivity index (χ1v) is 19.1. The third kappa shape index (κ3) is 8.92. The molecule has 2 aliphatic heterocycles. The van der Waals surface area contributed by atoms with Crippen LogP contribution >= 0.6 is 0 Å². The Morgan fingerprint density at radius 1 is 0.491 bits per heavy atom. The predicted molar refractivity (Wildman–Crippen MR) is 221 cm³/mol. The average molecular weight is 783 g/mol. The molecule has 2 fully saturated rings. The molecule has 2 aliphatic rings. The summed E-state index contributed by atoms with van der Waals surface area (Å²) in [5, 5.41) is 0. The van der Waals surface area contributed by atoms with Gasteiger partial charge in [-0.3, -0.25) is 19.4 Å². The van der Waals surface area contributed by atoms with Crippen LogP contribution in [0.3, 0.4) is 0 Å². The van der Waals surface area contributed by atoms with E-state index in [1.807, 2.05) is 46.2 Å². The quantitative estimate of drug-likeness (QED) is 0.168. The van der Waals surface area contributed by atoms with Crippen molar-refractivity contribution in [2.24, 2.45) is 0 Å². The normalized spacial score (nSPS) is 14.9. The predicted octanol–water partition coefficient (Wildman–Crippen LogP) is 4.84. The number of benzene rings is 4. The first kappa shape index (κ1) is 40.8. The number of amides is 2. The summed E-state index contributed by atoms with van der Waals surface area (Å²) in [6.07, 6.45) is 0.989. The molecule has 0 aromatic heterocycles. The minimum absolute atomic E-state index is 0.0631. The van der Waals surface area contributed by atoms with Gasteiger partial charge in [-0.1, -0.05) is 12.1 Å². The van der Waals surface area contributed by atoms with E-state index in [0.29, 0.717) is 83.2 Å². The van der Waals surface area contributed by atoms with Crippen LogP contribution in [0.4, 0.5) is 11.4 Å². The van der Waals surface area contributed by atoms with Gasteiger partial charge in [-0.05, 0) is 90.3 Å². The third-order valence-electron chi connectivity index (χ3n) is 10.8. The molecule has 4 N–H and O–H groups in total. The molecule has 4 aromatic carbocycles. The number of nitrogens with zero attached hydrogens (tertiary/aromatic N) is 4. The highest BCUT2D eigenvalue weighted by Crippen LogP contribution is 2.43. The molecule has 0 saturated carbocycles. The molecule has 0 atom stereocenters. The molecule has 0 unspecified atom stereocenters. The van der Waals surface area contributed by atoms with Crippen molar-refractivity contribution in [2.75, 3.05) is 120 Å². The van der Waals surface area contributed by atoms with Gasteiger partial charge in [0.25, 0.3) is 11.8 Å². The van der Waals surface area contributed by atoms with Gasteiger partial charge in [0.05, 0.1) is 42.7 Å². The standard InChI is InChI=1S/C43H54N6O8/c1-52-36-22-28(23-37(53-2)40(36)56-5)32-10-8-30(44)26-34(32)42(50)48-18-14-46(15-19-48)12-7-13-47-16-20-49(21-17-47)43(51)35-27-31(45)9-11-33(35)29-24-38(54-3)41(57-6)39(25-29)55-4/h8-11,22-27H,7,12-21,44-45H2,1-6H3. The number of anilines is 2. The molecule has 2 amide bonds. The zero-order valence-electron chi connectivity index (χ0n) is 33.8. The molecule has 0 radical (unpaired) electrons. The fourth-order valence-corrected chi connectivity index (χ4v) is 7.66. The van der Waals surface area contributed by atoms with E-state index in [2.05, 4.69) is 9.80 Å². The summed E-state index contributed by atoms with van der Waals surface area (Å²) >= 11 is 0. The number of hydrogen-bond acceptors (Lipinski definition) is 12. The number of ether oxygens (including phenoxy) is 6. The summed E-state index contributed by atoms with van der Waals surface area (Å²) in [4.78, 5) is 36.5. The molecule has 57 heavy (non-hydrogen) atoms.